The van der Waals surface area contributed by atoms with Gasteiger partial charge in [-0.05, 0) is 6.07 Å². The lowest BCUT2D eigenvalue weighted by Gasteiger charge is -2.17. The number of rotatable bonds is 6. The van der Waals surface area contributed by atoms with Crippen molar-refractivity contribution < 1.29 is 50.2 Å². The van der Waals surface area contributed by atoms with Gasteiger partial charge in [0.15, 0.2) is 5.69 Å². The van der Waals surface area contributed by atoms with E-state index in [9.17, 15) is 40.7 Å². The highest BCUT2D eigenvalue weighted by Gasteiger charge is 2.35. The SMILES string of the molecule is COC(=O)c1cncc(-c2cnc(NC(=O)NCC(F)(F)F)c(C(=O)OC)c2-c2nc(C(F)(F)F)cs2)c1. The van der Waals surface area contributed by atoms with Gasteiger partial charge in [-0.2, -0.15) is 26.3 Å². The molecule has 0 fully saturated rings. The highest BCUT2D eigenvalue weighted by molar-refractivity contribution is 7.13. The van der Waals surface area contributed by atoms with E-state index >= 15 is 0 Å². The molecule has 0 bridgehead atoms. The Morgan fingerprint density at radius 3 is 2.26 bits per heavy atom. The summed E-state index contributed by atoms with van der Waals surface area (Å²) in [7, 11) is 2.03. The predicted octanol–water partition coefficient (Wildman–Crippen LogP) is 4.54. The Bertz CT molecular complexity index is 1380. The fraction of sp³-hybridized carbons (Fsp3) is 0.238. The van der Waals surface area contributed by atoms with Gasteiger partial charge in [-0.3, -0.25) is 10.3 Å². The first kappa shape index (κ1) is 28.3. The fourth-order valence-electron chi connectivity index (χ4n) is 3.02. The van der Waals surface area contributed by atoms with Crippen LogP contribution in [0, 0.1) is 0 Å². The lowest BCUT2D eigenvalue weighted by molar-refractivity contribution is -0.140. The number of hydrogen-bond donors (Lipinski definition) is 2. The largest absolute Gasteiger partial charge is 0.465 e. The summed E-state index contributed by atoms with van der Waals surface area (Å²) in [5, 5.41) is 3.78. The number of methoxy groups -OCH3 is 2. The van der Waals surface area contributed by atoms with E-state index in [2.05, 4.69) is 19.7 Å². The van der Waals surface area contributed by atoms with Crippen molar-refractivity contribution in [3.63, 3.8) is 0 Å². The summed E-state index contributed by atoms with van der Waals surface area (Å²) < 4.78 is 86.7. The molecule has 0 saturated heterocycles. The minimum absolute atomic E-state index is 0.0561. The normalized spacial score (nSPS) is 11.6. The van der Waals surface area contributed by atoms with Crippen LogP contribution in [0.3, 0.4) is 0 Å². The average molecular weight is 563 g/mol. The van der Waals surface area contributed by atoms with Crippen LogP contribution in [0.4, 0.5) is 37.0 Å². The van der Waals surface area contributed by atoms with Crippen LogP contribution in [0.15, 0.2) is 30.0 Å². The minimum Gasteiger partial charge on any atom is -0.465 e. The van der Waals surface area contributed by atoms with E-state index in [4.69, 9.17) is 4.74 Å². The van der Waals surface area contributed by atoms with Gasteiger partial charge >= 0.3 is 30.3 Å². The van der Waals surface area contributed by atoms with Crippen molar-refractivity contribution in [2.24, 2.45) is 0 Å². The van der Waals surface area contributed by atoms with Gasteiger partial charge in [-0.25, -0.2) is 24.4 Å². The zero-order chi connectivity index (χ0) is 28.3. The topological polar surface area (TPSA) is 132 Å². The van der Waals surface area contributed by atoms with Gasteiger partial charge in [0.2, 0.25) is 0 Å². The Morgan fingerprint density at radius 2 is 1.68 bits per heavy atom. The molecule has 0 spiro atoms. The molecule has 10 nitrogen and oxygen atoms in total. The van der Waals surface area contributed by atoms with Crippen LogP contribution in [-0.2, 0) is 15.7 Å². The average Bonchev–Trinajstić information content (AvgIpc) is 3.37. The van der Waals surface area contributed by atoms with Crippen molar-refractivity contribution in [2.75, 3.05) is 26.1 Å². The molecule has 3 heterocycles. The summed E-state index contributed by atoms with van der Waals surface area (Å²) in [4.78, 5) is 48.2. The molecule has 0 aromatic carbocycles. The summed E-state index contributed by atoms with van der Waals surface area (Å²) in [5.41, 5.74) is -2.26. The maximum absolute atomic E-state index is 13.3. The Kier molecular flexibility index (Phi) is 8.19. The molecule has 2 N–H and O–H groups in total. The van der Waals surface area contributed by atoms with Crippen molar-refractivity contribution in [3.05, 3.63) is 46.9 Å². The molecule has 2 amide bonds. The van der Waals surface area contributed by atoms with Gasteiger partial charge in [0.1, 0.15) is 22.9 Å². The fourth-order valence-corrected chi connectivity index (χ4v) is 3.91. The quantitative estimate of drug-likeness (QED) is 0.330. The molecule has 0 radical (unpaired) electrons. The van der Waals surface area contributed by atoms with Gasteiger partial charge in [0, 0.05) is 40.7 Å². The highest BCUT2D eigenvalue weighted by atomic mass is 32.1. The van der Waals surface area contributed by atoms with Crippen molar-refractivity contribution in [1.29, 1.82) is 0 Å². The maximum atomic E-state index is 13.3. The van der Waals surface area contributed by atoms with E-state index in [-0.39, 0.29) is 27.3 Å². The first-order valence-electron chi connectivity index (χ1n) is 10.0. The van der Waals surface area contributed by atoms with E-state index in [1.165, 1.54) is 17.6 Å². The molecular weight excluding hydrogens is 548 g/mol. The van der Waals surface area contributed by atoms with E-state index in [0.717, 1.165) is 26.6 Å². The third-order valence-electron chi connectivity index (χ3n) is 4.63. The Balaban J connectivity index is 2.26. The molecule has 0 unspecified atom stereocenters. The maximum Gasteiger partial charge on any atom is 0.434 e. The van der Waals surface area contributed by atoms with Crippen LogP contribution in [0.25, 0.3) is 21.7 Å². The molecular formula is C21H15F6N5O5S. The van der Waals surface area contributed by atoms with Crippen LogP contribution in [0.5, 0.6) is 0 Å². The number of amides is 2. The van der Waals surface area contributed by atoms with Gasteiger partial charge in [0.05, 0.1) is 19.8 Å². The third-order valence-corrected chi connectivity index (χ3v) is 5.49. The standard InChI is InChI=1S/C21H15F6N5O5S/c1-36-17(33)10-3-9(4-28-5-10)11-6-29-15(32-19(35)30-8-20(22,23)24)14(18(34)37-2)13(11)16-31-12(7-38-16)21(25,26)27/h3-7H,8H2,1-2H3,(H2,29,30,32,35). The first-order valence-corrected chi connectivity index (χ1v) is 10.9. The molecule has 202 valence electrons. The van der Waals surface area contributed by atoms with Gasteiger partial charge < -0.3 is 14.8 Å². The second kappa shape index (κ2) is 11.0. The molecule has 3 aromatic rings. The lowest BCUT2D eigenvalue weighted by atomic mass is 9.97. The number of hydrogen-bond acceptors (Lipinski definition) is 9. The minimum atomic E-state index is -4.85. The van der Waals surface area contributed by atoms with Crippen LogP contribution in [0.2, 0.25) is 0 Å². The number of carbonyl (C=O) groups is 3. The van der Waals surface area contributed by atoms with Crippen LogP contribution < -0.4 is 10.6 Å². The number of anilines is 1. The second-order valence-electron chi connectivity index (χ2n) is 7.17. The molecule has 0 aliphatic heterocycles. The van der Waals surface area contributed by atoms with E-state index in [1.54, 1.807) is 0 Å². The van der Waals surface area contributed by atoms with Gasteiger partial charge in [-0.15, -0.1) is 11.3 Å². The van der Waals surface area contributed by atoms with Crippen LogP contribution in [-0.4, -0.2) is 59.9 Å². The summed E-state index contributed by atoms with van der Waals surface area (Å²) in [6, 6.07) is -0.162. The molecule has 0 atom stereocenters. The molecule has 3 rings (SSSR count). The number of thiazole rings is 1. The number of nitrogens with one attached hydrogen (secondary N) is 2. The summed E-state index contributed by atoms with van der Waals surface area (Å²) >= 11 is 0.481. The number of nitrogens with zero attached hydrogens (tertiary/aromatic N) is 3. The monoisotopic (exact) mass is 563 g/mol. The second-order valence-corrected chi connectivity index (χ2v) is 8.03. The molecule has 0 aliphatic carbocycles. The predicted molar refractivity (Wildman–Crippen MR) is 119 cm³/mol. The van der Waals surface area contributed by atoms with Crippen molar-refractivity contribution in [3.8, 4) is 21.7 Å². The third kappa shape index (κ3) is 6.53. The number of pyridine rings is 2. The van der Waals surface area contributed by atoms with Crippen LogP contribution >= 0.6 is 11.3 Å². The van der Waals surface area contributed by atoms with E-state index < -0.39 is 53.9 Å². The van der Waals surface area contributed by atoms with Crippen LogP contribution in [0.1, 0.15) is 26.4 Å². The summed E-state index contributed by atoms with van der Waals surface area (Å²) in [5.74, 6) is -2.63. The molecule has 0 aliphatic rings. The smallest absolute Gasteiger partial charge is 0.434 e. The summed E-state index contributed by atoms with van der Waals surface area (Å²) in [6.45, 7) is -1.72. The molecule has 38 heavy (non-hydrogen) atoms. The number of esters is 2. The Morgan fingerprint density at radius 1 is 1.00 bits per heavy atom. The van der Waals surface area contributed by atoms with E-state index in [0.29, 0.717) is 16.7 Å². The Hall–Kier alpha value is -4.28. The van der Waals surface area contributed by atoms with Crippen molar-refractivity contribution >= 4 is 35.1 Å². The molecule has 17 heteroatoms. The molecule has 0 saturated carbocycles. The number of halogens is 6. The number of ether oxygens (including phenoxy) is 2. The number of carbonyl (C=O) groups excluding carboxylic acids is 3. The Labute approximate surface area is 213 Å². The lowest BCUT2D eigenvalue weighted by Crippen LogP contribution is -2.37. The first-order chi connectivity index (χ1) is 17.7. The number of alkyl halides is 6. The number of urea groups is 1. The zero-order valence-electron chi connectivity index (χ0n) is 19.2. The zero-order valence-corrected chi connectivity index (χ0v) is 20.0. The van der Waals surface area contributed by atoms with E-state index in [1.807, 2.05) is 5.32 Å². The van der Waals surface area contributed by atoms with Crippen molar-refractivity contribution in [1.82, 2.24) is 20.3 Å². The van der Waals surface area contributed by atoms with Crippen molar-refractivity contribution in [2.45, 2.75) is 12.4 Å². The number of aromatic nitrogens is 3. The van der Waals surface area contributed by atoms with Gasteiger partial charge in [0.25, 0.3) is 0 Å². The van der Waals surface area contributed by atoms with Gasteiger partial charge in [-0.1, -0.05) is 0 Å². The molecule has 3 aromatic heterocycles. The summed E-state index contributed by atoms with van der Waals surface area (Å²) in [6.07, 6.45) is -6.24. The highest BCUT2D eigenvalue weighted by Crippen LogP contribution is 2.41.